The molecule has 0 atom stereocenters. The van der Waals surface area contributed by atoms with Crippen molar-refractivity contribution in [3.05, 3.63) is 23.8 Å². The molecule has 1 aliphatic carbocycles. The van der Waals surface area contributed by atoms with Crippen LogP contribution in [0.5, 0.6) is 11.5 Å². The lowest BCUT2D eigenvalue weighted by Crippen LogP contribution is -2.16. The molecule has 3 rings (SSSR count). The SMILES string of the molecule is CCCON=C(c1ccc2c(c1)OCCO2)C1CC1. The third-order valence-corrected chi connectivity index (χ3v) is 3.26. The molecule has 19 heavy (non-hydrogen) atoms. The zero-order chi connectivity index (χ0) is 13.1. The monoisotopic (exact) mass is 261 g/mol. The number of hydrogen-bond acceptors (Lipinski definition) is 4. The summed E-state index contributed by atoms with van der Waals surface area (Å²) in [5.74, 6) is 2.17. The van der Waals surface area contributed by atoms with Gasteiger partial charge in [-0.3, -0.25) is 0 Å². The number of oxime groups is 1. The van der Waals surface area contributed by atoms with Gasteiger partial charge in [0, 0.05) is 11.5 Å². The van der Waals surface area contributed by atoms with Gasteiger partial charge in [-0.05, 0) is 37.5 Å². The highest BCUT2D eigenvalue weighted by Gasteiger charge is 2.30. The van der Waals surface area contributed by atoms with Crippen molar-refractivity contribution in [3.63, 3.8) is 0 Å². The van der Waals surface area contributed by atoms with Crippen LogP contribution in [-0.2, 0) is 4.84 Å². The molecule has 2 aliphatic rings. The molecule has 1 fully saturated rings. The van der Waals surface area contributed by atoms with E-state index in [2.05, 4.69) is 12.1 Å². The summed E-state index contributed by atoms with van der Waals surface area (Å²) >= 11 is 0. The fourth-order valence-electron chi connectivity index (χ4n) is 2.13. The number of rotatable bonds is 5. The summed E-state index contributed by atoms with van der Waals surface area (Å²) in [4.78, 5) is 5.36. The number of benzene rings is 1. The van der Waals surface area contributed by atoms with E-state index in [9.17, 15) is 0 Å². The van der Waals surface area contributed by atoms with Gasteiger partial charge in [-0.2, -0.15) is 0 Å². The Bertz CT molecular complexity index is 480. The molecule has 0 aromatic heterocycles. The van der Waals surface area contributed by atoms with Crippen LogP contribution in [0.3, 0.4) is 0 Å². The minimum Gasteiger partial charge on any atom is -0.486 e. The van der Waals surface area contributed by atoms with Crippen LogP contribution in [0, 0.1) is 5.92 Å². The highest BCUT2D eigenvalue weighted by molar-refractivity contribution is 6.03. The fraction of sp³-hybridized carbons (Fsp3) is 0.533. The zero-order valence-corrected chi connectivity index (χ0v) is 11.2. The van der Waals surface area contributed by atoms with Crippen molar-refractivity contribution < 1.29 is 14.3 Å². The highest BCUT2D eigenvalue weighted by atomic mass is 16.6. The van der Waals surface area contributed by atoms with Crippen molar-refractivity contribution in [2.75, 3.05) is 19.8 Å². The highest BCUT2D eigenvalue weighted by Crippen LogP contribution is 2.37. The number of nitrogens with zero attached hydrogens (tertiary/aromatic N) is 1. The summed E-state index contributed by atoms with van der Waals surface area (Å²) in [5.41, 5.74) is 2.13. The van der Waals surface area contributed by atoms with E-state index in [0.29, 0.717) is 25.7 Å². The van der Waals surface area contributed by atoms with Gasteiger partial charge in [0.25, 0.3) is 0 Å². The molecule has 4 nitrogen and oxygen atoms in total. The molecular weight excluding hydrogens is 242 g/mol. The molecule has 1 aromatic carbocycles. The maximum atomic E-state index is 5.62. The average molecular weight is 261 g/mol. The number of fused-ring (bicyclic) bond motifs is 1. The maximum absolute atomic E-state index is 5.62. The molecule has 1 aromatic rings. The normalized spacial score (nSPS) is 18.3. The molecular formula is C15H19NO3. The second-order valence-electron chi connectivity index (χ2n) is 4.94. The van der Waals surface area contributed by atoms with Crippen LogP contribution in [-0.4, -0.2) is 25.5 Å². The molecule has 0 radical (unpaired) electrons. The Morgan fingerprint density at radius 3 is 2.79 bits per heavy atom. The van der Waals surface area contributed by atoms with Crippen molar-refractivity contribution in [2.45, 2.75) is 26.2 Å². The quantitative estimate of drug-likeness (QED) is 0.465. The van der Waals surface area contributed by atoms with Gasteiger partial charge in [0.1, 0.15) is 19.8 Å². The van der Waals surface area contributed by atoms with Crippen LogP contribution in [0.1, 0.15) is 31.7 Å². The molecule has 0 saturated heterocycles. The van der Waals surface area contributed by atoms with Gasteiger partial charge in [0.05, 0.1) is 5.71 Å². The molecule has 1 heterocycles. The van der Waals surface area contributed by atoms with E-state index < -0.39 is 0 Å². The standard InChI is InChI=1S/C15H19NO3/c1-2-7-19-16-15(11-3-4-11)12-5-6-13-14(10-12)18-9-8-17-13/h5-6,10-11H,2-4,7-9H2,1H3. The smallest absolute Gasteiger partial charge is 0.162 e. The first kappa shape index (κ1) is 12.3. The molecule has 0 unspecified atom stereocenters. The van der Waals surface area contributed by atoms with Gasteiger partial charge in [-0.25, -0.2) is 0 Å². The van der Waals surface area contributed by atoms with Gasteiger partial charge in [-0.15, -0.1) is 0 Å². The fourth-order valence-corrected chi connectivity index (χ4v) is 2.13. The van der Waals surface area contributed by atoms with Crippen LogP contribution in [0.4, 0.5) is 0 Å². The molecule has 0 spiro atoms. The summed E-state index contributed by atoms with van der Waals surface area (Å²) in [6, 6.07) is 6.02. The first-order chi connectivity index (χ1) is 9.38. The van der Waals surface area contributed by atoms with Crippen LogP contribution < -0.4 is 9.47 Å². The van der Waals surface area contributed by atoms with Crippen molar-refractivity contribution in [1.29, 1.82) is 0 Å². The van der Waals surface area contributed by atoms with E-state index in [1.807, 2.05) is 18.2 Å². The summed E-state index contributed by atoms with van der Waals surface area (Å²) in [6.07, 6.45) is 3.37. The van der Waals surface area contributed by atoms with Gasteiger partial charge in [0.2, 0.25) is 0 Å². The van der Waals surface area contributed by atoms with E-state index in [1.54, 1.807) is 0 Å². The predicted molar refractivity (Wildman–Crippen MR) is 72.9 cm³/mol. The lowest BCUT2D eigenvalue weighted by molar-refractivity contribution is 0.144. The van der Waals surface area contributed by atoms with Crippen molar-refractivity contribution >= 4 is 5.71 Å². The van der Waals surface area contributed by atoms with Gasteiger partial charge in [-0.1, -0.05) is 12.1 Å². The van der Waals surface area contributed by atoms with Crippen molar-refractivity contribution in [3.8, 4) is 11.5 Å². The second kappa shape index (κ2) is 5.51. The number of hydrogen-bond donors (Lipinski definition) is 0. The van der Waals surface area contributed by atoms with E-state index in [-0.39, 0.29) is 0 Å². The molecule has 1 saturated carbocycles. The van der Waals surface area contributed by atoms with Gasteiger partial charge >= 0.3 is 0 Å². The number of ether oxygens (including phenoxy) is 2. The van der Waals surface area contributed by atoms with E-state index in [4.69, 9.17) is 14.3 Å². The summed E-state index contributed by atoms with van der Waals surface area (Å²) in [5, 5.41) is 4.31. The second-order valence-corrected chi connectivity index (χ2v) is 4.94. The van der Waals surface area contributed by atoms with Crippen LogP contribution in [0.2, 0.25) is 0 Å². The van der Waals surface area contributed by atoms with Crippen LogP contribution >= 0.6 is 0 Å². The van der Waals surface area contributed by atoms with Gasteiger partial charge < -0.3 is 14.3 Å². The first-order valence-corrected chi connectivity index (χ1v) is 6.98. The third kappa shape index (κ3) is 2.83. The van der Waals surface area contributed by atoms with Crippen molar-refractivity contribution in [1.82, 2.24) is 0 Å². The summed E-state index contributed by atoms with van der Waals surface area (Å²) in [7, 11) is 0. The minimum atomic E-state index is 0.541. The Morgan fingerprint density at radius 2 is 2.05 bits per heavy atom. The largest absolute Gasteiger partial charge is 0.486 e. The van der Waals surface area contributed by atoms with Crippen molar-refractivity contribution in [2.24, 2.45) is 11.1 Å². The topological polar surface area (TPSA) is 40.0 Å². The Hall–Kier alpha value is -1.71. The van der Waals surface area contributed by atoms with Crippen LogP contribution in [0.15, 0.2) is 23.4 Å². The molecule has 0 amide bonds. The third-order valence-electron chi connectivity index (χ3n) is 3.26. The van der Waals surface area contributed by atoms with E-state index >= 15 is 0 Å². The zero-order valence-electron chi connectivity index (χ0n) is 11.2. The van der Waals surface area contributed by atoms with E-state index in [0.717, 1.165) is 29.2 Å². The lowest BCUT2D eigenvalue weighted by Gasteiger charge is -2.19. The minimum absolute atomic E-state index is 0.541. The predicted octanol–water partition coefficient (Wildman–Crippen LogP) is 3.00. The summed E-state index contributed by atoms with van der Waals surface area (Å²) in [6.45, 7) is 3.98. The maximum Gasteiger partial charge on any atom is 0.162 e. The Morgan fingerprint density at radius 1 is 1.26 bits per heavy atom. The van der Waals surface area contributed by atoms with Gasteiger partial charge in [0.15, 0.2) is 11.5 Å². The summed E-state index contributed by atoms with van der Waals surface area (Å²) < 4.78 is 11.2. The molecule has 4 heteroatoms. The lowest BCUT2D eigenvalue weighted by atomic mass is 10.1. The first-order valence-electron chi connectivity index (χ1n) is 6.98. The Balaban J connectivity index is 1.83. The Labute approximate surface area is 113 Å². The molecule has 0 N–H and O–H groups in total. The average Bonchev–Trinajstić information content (AvgIpc) is 3.28. The van der Waals surface area contributed by atoms with E-state index in [1.165, 1.54) is 12.8 Å². The Kier molecular flexibility index (Phi) is 3.58. The van der Waals surface area contributed by atoms with Crippen LogP contribution in [0.25, 0.3) is 0 Å². The molecule has 1 aliphatic heterocycles. The molecule has 102 valence electrons. The molecule has 0 bridgehead atoms.